The smallest absolute Gasteiger partial charge is 0.307 e. The van der Waals surface area contributed by atoms with Crippen molar-refractivity contribution in [3.05, 3.63) is 83.4 Å². The van der Waals surface area contributed by atoms with Crippen LogP contribution in [0.4, 0.5) is 0 Å². The number of rotatable bonds is 5. The van der Waals surface area contributed by atoms with Crippen LogP contribution in [0.15, 0.2) is 72.8 Å². The Bertz CT molecular complexity index is 1120. The number of hydrogen-bond acceptors (Lipinski definition) is 2. The second-order valence-electron chi connectivity index (χ2n) is 6.18. The highest BCUT2D eigenvalue weighted by atomic mass is 35.5. The molecule has 0 fully saturated rings. The predicted octanol–water partition coefficient (Wildman–Crippen LogP) is 5.91. The molecule has 1 aromatic heterocycles. The Labute approximate surface area is 161 Å². The number of para-hydroxylation sites is 1. The van der Waals surface area contributed by atoms with E-state index in [4.69, 9.17) is 16.3 Å². The number of nitrogens with one attached hydrogen (secondary N) is 1. The molecule has 1 heterocycles. The summed E-state index contributed by atoms with van der Waals surface area (Å²) >= 11 is 6.12. The first-order valence-electron chi connectivity index (χ1n) is 8.45. The first-order chi connectivity index (χ1) is 13.1. The highest BCUT2D eigenvalue weighted by Crippen LogP contribution is 2.34. The topological polar surface area (TPSA) is 62.3 Å². The van der Waals surface area contributed by atoms with Gasteiger partial charge in [0.05, 0.1) is 12.1 Å². The molecule has 0 aliphatic carbocycles. The molecule has 2 N–H and O–H groups in total. The van der Waals surface area contributed by atoms with E-state index in [1.165, 1.54) is 0 Å². The first kappa shape index (κ1) is 17.2. The number of H-pyrrole nitrogens is 1. The monoisotopic (exact) mass is 377 g/mol. The van der Waals surface area contributed by atoms with Crippen LogP contribution in [0, 0.1) is 0 Å². The molecule has 0 saturated carbocycles. The fourth-order valence-electron chi connectivity index (χ4n) is 3.14. The van der Waals surface area contributed by atoms with Crippen LogP contribution in [0.2, 0.25) is 5.02 Å². The Morgan fingerprint density at radius 2 is 1.74 bits per heavy atom. The van der Waals surface area contributed by atoms with E-state index in [1.54, 1.807) is 12.1 Å². The van der Waals surface area contributed by atoms with Gasteiger partial charge in [0, 0.05) is 21.5 Å². The van der Waals surface area contributed by atoms with Crippen molar-refractivity contribution in [3.63, 3.8) is 0 Å². The molecule has 0 aliphatic rings. The number of aromatic amines is 1. The zero-order valence-electron chi connectivity index (χ0n) is 14.3. The minimum Gasteiger partial charge on any atom is -0.481 e. The van der Waals surface area contributed by atoms with Crippen LogP contribution in [0.1, 0.15) is 5.56 Å². The van der Waals surface area contributed by atoms with Crippen LogP contribution in [0.3, 0.4) is 0 Å². The number of hydrogen-bond donors (Lipinski definition) is 2. The molecule has 4 nitrogen and oxygen atoms in total. The normalized spacial score (nSPS) is 10.9. The van der Waals surface area contributed by atoms with Gasteiger partial charge in [-0.05, 0) is 48.0 Å². The van der Waals surface area contributed by atoms with Gasteiger partial charge in [-0.15, -0.1) is 0 Å². The Balaban J connectivity index is 1.79. The van der Waals surface area contributed by atoms with Crippen LogP contribution < -0.4 is 4.74 Å². The van der Waals surface area contributed by atoms with Gasteiger partial charge in [-0.2, -0.15) is 0 Å². The van der Waals surface area contributed by atoms with Crippen LogP contribution >= 0.6 is 11.6 Å². The zero-order chi connectivity index (χ0) is 18.8. The second kappa shape index (κ2) is 7.17. The van der Waals surface area contributed by atoms with Gasteiger partial charge >= 0.3 is 5.97 Å². The van der Waals surface area contributed by atoms with E-state index in [0.29, 0.717) is 16.3 Å². The maximum atomic E-state index is 11.4. The van der Waals surface area contributed by atoms with Gasteiger partial charge < -0.3 is 14.8 Å². The summed E-state index contributed by atoms with van der Waals surface area (Å²) < 4.78 is 5.90. The molecule has 0 aliphatic heterocycles. The van der Waals surface area contributed by atoms with Crippen molar-refractivity contribution in [2.24, 2.45) is 0 Å². The van der Waals surface area contributed by atoms with Crippen molar-refractivity contribution in [2.45, 2.75) is 6.42 Å². The summed E-state index contributed by atoms with van der Waals surface area (Å²) in [5, 5.41) is 10.7. The molecular formula is C22H16ClNO3. The molecule has 0 atom stereocenters. The lowest BCUT2D eigenvalue weighted by Gasteiger charge is -2.08. The van der Waals surface area contributed by atoms with Gasteiger partial charge in [-0.3, -0.25) is 4.79 Å². The maximum absolute atomic E-state index is 11.4. The van der Waals surface area contributed by atoms with Crippen LogP contribution in [-0.2, 0) is 11.2 Å². The number of fused-ring (bicyclic) bond motifs is 1. The van der Waals surface area contributed by atoms with Gasteiger partial charge in [0.25, 0.3) is 0 Å². The molecule has 0 saturated heterocycles. The van der Waals surface area contributed by atoms with E-state index in [1.807, 2.05) is 60.7 Å². The summed E-state index contributed by atoms with van der Waals surface area (Å²) in [6.45, 7) is 0. The molecule has 27 heavy (non-hydrogen) atoms. The SMILES string of the molecule is O=C(O)Cc1c(-c2cccc(Oc3ccccc3)c2)[nH]c2ccc(Cl)cc12. The number of carboxylic acids is 1. The standard InChI is InChI=1S/C22H16ClNO3/c23-15-9-10-20-18(12-15)19(13-21(25)26)22(24-20)14-5-4-8-17(11-14)27-16-6-2-1-3-7-16/h1-12,24H,13H2,(H,25,26). The van der Waals surface area contributed by atoms with Crippen molar-refractivity contribution in [3.8, 4) is 22.8 Å². The molecule has 4 aromatic rings. The van der Waals surface area contributed by atoms with E-state index < -0.39 is 5.97 Å². The Kier molecular flexibility index (Phi) is 4.57. The lowest BCUT2D eigenvalue weighted by Crippen LogP contribution is -2.01. The lowest BCUT2D eigenvalue weighted by molar-refractivity contribution is -0.136. The van der Waals surface area contributed by atoms with Crippen LogP contribution in [0.5, 0.6) is 11.5 Å². The van der Waals surface area contributed by atoms with E-state index in [-0.39, 0.29) is 6.42 Å². The molecule has 3 aromatic carbocycles. The minimum absolute atomic E-state index is 0.0978. The van der Waals surface area contributed by atoms with Gasteiger partial charge in [-0.25, -0.2) is 0 Å². The van der Waals surface area contributed by atoms with Gasteiger partial charge in [0.1, 0.15) is 11.5 Å². The zero-order valence-corrected chi connectivity index (χ0v) is 15.0. The molecule has 4 rings (SSSR count). The number of benzene rings is 3. The van der Waals surface area contributed by atoms with Crippen molar-refractivity contribution >= 4 is 28.5 Å². The number of aromatic nitrogens is 1. The Morgan fingerprint density at radius 1 is 0.963 bits per heavy atom. The summed E-state index contributed by atoms with van der Waals surface area (Å²) in [6.07, 6.45) is -0.0978. The van der Waals surface area contributed by atoms with Crippen LogP contribution in [0.25, 0.3) is 22.2 Å². The third-order valence-electron chi connectivity index (χ3n) is 4.30. The molecular weight excluding hydrogens is 362 g/mol. The molecule has 0 bridgehead atoms. The molecule has 134 valence electrons. The molecule has 0 spiro atoms. The van der Waals surface area contributed by atoms with Gasteiger partial charge in [-0.1, -0.05) is 41.9 Å². The van der Waals surface area contributed by atoms with E-state index in [0.717, 1.165) is 27.9 Å². The van der Waals surface area contributed by atoms with Crippen LogP contribution in [-0.4, -0.2) is 16.1 Å². The largest absolute Gasteiger partial charge is 0.481 e. The third kappa shape index (κ3) is 3.66. The third-order valence-corrected chi connectivity index (χ3v) is 4.53. The summed E-state index contributed by atoms with van der Waals surface area (Å²) in [5.74, 6) is 0.523. The summed E-state index contributed by atoms with van der Waals surface area (Å²) in [5.41, 5.74) is 3.16. The van der Waals surface area contributed by atoms with Crippen molar-refractivity contribution in [1.82, 2.24) is 4.98 Å². The number of carboxylic acid groups (broad SMARTS) is 1. The first-order valence-corrected chi connectivity index (χ1v) is 8.83. The average molecular weight is 378 g/mol. The minimum atomic E-state index is -0.895. The molecule has 0 radical (unpaired) electrons. The second-order valence-corrected chi connectivity index (χ2v) is 6.62. The number of aliphatic carboxylic acids is 1. The van der Waals surface area contributed by atoms with E-state index in [2.05, 4.69) is 4.98 Å². The van der Waals surface area contributed by atoms with Crippen molar-refractivity contribution in [2.75, 3.05) is 0 Å². The molecule has 0 amide bonds. The quantitative estimate of drug-likeness (QED) is 0.454. The summed E-state index contributed by atoms with van der Waals surface area (Å²) in [7, 11) is 0. The lowest BCUT2D eigenvalue weighted by atomic mass is 10.0. The average Bonchev–Trinajstić information content (AvgIpc) is 3.00. The fraction of sp³-hybridized carbons (Fsp3) is 0.0455. The summed E-state index contributed by atoms with van der Waals surface area (Å²) in [6, 6.07) is 22.5. The van der Waals surface area contributed by atoms with Crippen molar-refractivity contribution in [1.29, 1.82) is 0 Å². The number of carbonyl (C=O) groups is 1. The fourth-order valence-corrected chi connectivity index (χ4v) is 3.31. The highest BCUT2D eigenvalue weighted by Gasteiger charge is 2.16. The predicted molar refractivity (Wildman–Crippen MR) is 107 cm³/mol. The van der Waals surface area contributed by atoms with E-state index >= 15 is 0 Å². The van der Waals surface area contributed by atoms with Gasteiger partial charge in [0.15, 0.2) is 0 Å². The van der Waals surface area contributed by atoms with E-state index in [9.17, 15) is 9.90 Å². The Hall–Kier alpha value is -3.24. The van der Waals surface area contributed by atoms with Gasteiger partial charge in [0.2, 0.25) is 0 Å². The molecule has 0 unspecified atom stereocenters. The highest BCUT2D eigenvalue weighted by molar-refractivity contribution is 6.31. The molecule has 5 heteroatoms. The number of halogens is 1. The number of ether oxygens (including phenoxy) is 1. The Morgan fingerprint density at radius 3 is 2.52 bits per heavy atom. The van der Waals surface area contributed by atoms with Crippen molar-refractivity contribution < 1.29 is 14.6 Å². The summed E-state index contributed by atoms with van der Waals surface area (Å²) in [4.78, 5) is 14.7. The maximum Gasteiger partial charge on any atom is 0.307 e.